The van der Waals surface area contributed by atoms with Crippen molar-refractivity contribution in [3.8, 4) is 0 Å². The van der Waals surface area contributed by atoms with E-state index in [-0.39, 0.29) is 18.0 Å². The second-order valence-electron chi connectivity index (χ2n) is 6.27. The molecular formula is C14H23N3O3. The van der Waals surface area contributed by atoms with Crippen molar-refractivity contribution in [3.63, 3.8) is 0 Å². The maximum absolute atomic E-state index is 12.3. The Morgan fingerprint density at radius 1 is 1.10 bits per heavy atom. The van der Waals surface area contributed by atoms with Crippen LogP contribution in [0.25, 0.3) is 0 Å². The number of amides is 2. The molecule has 0 aromatic carbocycles. The van der Waals surface area contributed by atoms with E-state index in [0.717, 1.165) is 26.1 Å². The molecule has 112 valence electrons. The zero-order valence-corrected chi connectivity index (χ0v) is 11.8. The maximum atomic E-state index is 12.3. The Hall–Kier alpha value is -1.30. The summed E-state index contributed by atoms with van der Waals surface area (Å²) in [6.07, 6.45) is 4.46. The lowest BCUT2D eigenvalue weighted by Crippen LogP contribution is -2.55. The summed E-state index contributed by atoms with van der Waals surface area (Å²) < 4.78 is 0. The molecule has 0 aromatic heterocycles. The summed E-state index contributed by atoms with van der Waals surface area (Å²) in [4.78, 5) is 27.6. The van der Waals surface area contributed by atoms with Crippen molar-refractivity contribution in [2.75, 3.05) is 26.2 Å². The maximum Gasteiger partial charge on any atom is 0.317 e. The number of carbonyl (C=O) groups excluding carboxylic acids is 1. The van der Waals surface area contributed by atoms with Crippen molar-refractivity contribution < 1.29 is 14.7 Å². The number of fused-ring (bicyclic) bond motifs is 1. The zero-order valence-electron chi connectivity index (χ0n) is 11.8. The molecule has 1 saturated carbocycles. The molecule has 3 aliphatic rings. The second-order valence-corrected chi connectivity index (χ2v) is 6.27. The van der Waals surface area contributed by atoms with Crippen molar-refractivity contribution in [1.82, 2.24) is 15.1 Å². The van der Waals surface area contributed by atoms with Gasteiger partial charge in [-0.3, -0.25) is 9.69 Å². The van der Waals surface area contributed by atoms with Gasteiger partial charge in [-0.25, -0.2) is 4.79 Å². The summed E-state index contributed by atoms with van der Waals surface area (Å²) >= 11 is 0. The van der Waals surface area contributed by atoms with Gasteiger partial charge in [-0.1, -0.05) is 0 Å². The molecule has 1 aliphatic carbocycles. The van der Waals surface area contributed by atoms with E-state index in [4.69, 9.17) is 5.11 Å². The molecule has 2 amide bonds. The molecule has 2 N–H and O–H groups in total. The summed E-state index contributed by atoms with van der Waals surface area (Å²) in [7, 11) is 0. The van der Waals surface area contributed by atoms with Crippen molar-refractivity contribution in [1.29, 1.82) is 0 Å². The largest absolute Gasteiger partial charge is 0.481 e. The van der Waals surface area contributed by atoms with E-state index in [1.165, 1.54) is 19.4 Å². The topological polar surface area (TPSA) is 72.9 Å². The number of rotatable bonds is 2. The fraction of sp³-hybridized carbons (Fsp3) is 0.857. The Balaban J connectivity index is 1.49. The molecule has 20 heavy (non-hydrogen) atoms. The Bertz CT molecular complexity index is 401. The lowest BCUT2D eigenvalue weighted by molar-refractivity contribution is -0.141. The van der Waals surface area contributed by atoms with Crippen LogP contribution >= 0.6 is 0 Å². The van der Waals surface area contributed by atoms with Gasteiger partial charge in [0.15, 0.2) is 0 Å². The Kier molecular flexibility index (Phi) is 3.83. The third-order valence-electron chi connectivity index (χ3n) is 4.98. The van der Waals surface area contributed by atoms with Gasteiger partial charge in [0, 0.05) is 31.7 Å². The smallest absolute Gasteiger partial charge is 0.317 e. The molecule has 0 bridgehead atoms. The van der Waals surface area contributed by atoms with Gasteiger partial charge in [-0.05, 0) is 38.6 Å². The standard InChI is InChI=1S/C14H23N3O3/c18-13(19)10-3-4-11(8-10)15-14(20)17-7-6-16-5-1-2-12(16)9-17/h10-12H,1-9H2,(H,15,20)(H,18,19)/t10-,11+,12?/m1/s1. The lowest BCUT2D eigenvalue weighted by Gasteiger charge is -2.37. The van der Waals surface area contributed by atoms with Crippen LogP contribution in [0.1, 0.15) is 32.1 Å². The molecule has 3 atom stereocenters. The van der Waals surface area contributed by atoms with E-state index < -0.39 is 5.97 Å². The number of aliphatic carboxylic acids is 1. The molecular weight excluding hydrogens is 258 g/mol. The molecule has 2 saturated heterocycles. The number of carboxylic acid groups (broad SMARTS) is 1. The zero-order chi connectivity index (χ0) is 14.1. The molecule has 0 aromatic rings. The van der Waals surface area contributed by atoms with Crippen LogP contribution in [0, 0.1) is 5.92 Å². The van der Waals surface area contributed by atoms with Crippen molar-refractivity contribution in [3.05, 3.63) is 0 Å². The molecule has 0 spiro atoms. The first-order chi connectivity index (χ1) is 9.63. The highest BCUT2D eigenvalue weighted by Crippen LogP contribution is 2.26. The van der Waals surface area contributed by atoms with Crippen LogP contribution in [-0.4, -0.2) is 65.2 Å². The molecule has 6 heteroatoms. The minimum Gasteiger partial charge on any atom is -0.481 e. The van der Waals surface area contributed by atoms with E-state index >= 15 is 0 Å². The first kappa shape index (κ1) is 13.7. The van der Waals surface area contributed by atoms with E-state index in [1.54, 1.807) is 0 Å². The molecule has 0 radical (unpaired) electrons. The minimum atomic E-state index is -0.735. The van der Waals surface area contributed by atoms with Gasteiger partial charge in [-0.2, -0.15) is 0 Å². The van der Waals surface area contributed by atoms with Gasteiger partial charge in [0.25, 0.3) is 0 Å². The van der Waals surface area contributed by atoms with Gasteiger partial charge in [0.05, 0.1) is 5.92 Å². The van der Waals surface area contributed by atoms with E-state index in [9.17, 15) is 9.59 Å². The summed E-state index contributed by atoms with van der Waals surface area (Å²) in [6, 6.07) is 0.558. The molecule has 3 rings (SSSR count). The van der Waals surface area contributed by atoms with Crippen LogP contribution in [0.3, 0.4) is 0 Å². The third kappa shape index (κ3) is 2.75. The first-order valence-corrected chi connectivity index (χ1v) is 7.66. The third-order valence-corrected chi connectivity index (χ3v) is 4.98. The van der Waals surface area contributed by atoms with Gasteiger partial charge in [0.1, 0.15) is 0 Å². The molecule has 6 nitrogen and oxygen atoms in total. The van der Waals surface area contributed by atoms with Crippen LogP contribution < -0.4 is 5.32 Å². The Morgan fingerprint density at radius 3 is 2.70 bits per heavy atom. The van der Waals surface area contributed by atoms with Crippen molar-refractivity contribution in [2.45, 2.75) is 44.2 Å². The van der Waals surface area contributed by atoms with Crippen molar-refractivity contribution in [2.24, 2.45) is 5.92 Å². The Morgan fingerprint density at radius 2 is 1.95 bits per heavy atom. The average Bonchev–Trinajstić information content (AvgIpc) is 3.05. The van der Waals surface area contributed by atoms with Gasteiger partial charge < -0.3 is 15.3 Å². The van der Waals surface area contributed by atoms with Crippen molar-refractivity contribution >= 4 is 12.0 Å². The number of carboxylic acids is 1. The van der Waals surface area contributed by atoms with Gasteiger partial charge in [-0.15, -0.1) is 0 Å². The normalized spacial score (nSPS) is 34.0. The first-order valence-electron chi connectivity index (χ1n) is 7.66. The van der Waals surface area contributed by atoms with E-state index in [2.05, 4.69) is 10.2 Å². The summed E-state index contributed by atoms with van der Waals surface area (Å²) in [5, 5.41) is 12.0. The highest BCUT2D eigenvalue weighted by atomic mass is 16.4. The number of hydrogen-bond acceptors (Lipinski definition) is 3. The van der Waals surface area contributed by atoms with E-state index in [0.29, 0.717) is 18.9 Å². The van der Waals surface area contributed by atoms with Crippen LogP contribution in [0.4, 0.5) is 4.79 Å². The summed E-state index contributed by atoms with van der Waals surface area (Å²) in [6.45, 7) is 3.75. The van der Waals surface area contributed by atoms with Gasteiger partial charge in [0.2, 0.25) is 0 Å². The fourth-order valence-electron chi connectivity index (χ4n) is 3.78. The number of carbonyl (C=O) groups is 2. The summed E-state index contributed by atoms with van der Waals surface area (Å²) in [5.41, 5.74) is 0. The SMILES string of the molecule is O=C(O)[C@@H]1CC[C@H](NC(=O)N2CCN3CCCC3C2)C1. The quantitative estimate of drug-likeness (QED) is 0.782. The number of urea groups is 1. The van der Waals surface area contributed by atoms with Crippen LogP contribution in [0.5, 0.6) is 0 Å². The second kappa shape index (κ2) is 5.60. The molecule has 2 aliphatic heterocycles. The van der Waals surface area contributed by atoms with Gasteiger partial charge >= 0.3 is 12.0 Å². The van der Waals surface area contributed by atoms with Crippen LogP contribution in [0.15, 0.2) is 0 Å². The predicted molar refractivity (Wildman–Crippen MR) is 73.5 cm³/mol. The molecule has 2 heterocycles. The number of nitrogens with zero attached hydrogens (tertiary/aromatic N) is 2. The highest BCUT2D eigenvalue weighted by Gasteiger charge is 2.35. The lowest BCUT2D eigenvalue weighted by atomic mass is 10.1. The van der Waals surface area contributed by atoms with E-state index in [1.807, 2.05) is 4.90 Å². The van der Waals surface area contributed by atoms with Crippen LogP contribution in [-0.2, 0) is 4.79 Å². The monoisotopic (exact) mass is 281 g/mol. The average molecular weight is 281 g/mol. The highest BCUT2D eigenvalue weighted by molar-refractivity contribution is 5.75. The Labute approximate surface area is 119 Å². The number of nitrogens with one attached hydrogen (secondary N) is 1. The number of piperazine rings is 1. The molecule has 3 fully saturated rings. The minimum absolute atomic E-state index is 0.00686. The fourth-order valence-corrected chi connectivity index (χ4v) is 3.78. The summed E-state index contributed by atoms with van der Waals surface area (Å²) in [5.74, 6) is -1.02. The molecule has 1 unspecified atom stereocenters. The predicted octanol–water partition coefficient (Wildman–Crippen LogP) is 0.729. The number of hydrogen-bond donors (Lipinski definition) is 2. The van der Waals surface area contributed by atoms with Crippen LogP contribution in [0.2, 0.25) is 0 Å².